The van der Waals surface area contributed by atoms with Gasteiger partial charge in [-0.3, -0.25) is 14.2 Å². The standard InChI is InChI=1S/C28H29N5O3S/c1-4-32(5-2)22-15-12-20(25(34)16-22)17-29-31-26(35)18-37-28-30-24-9-7-6-8-23(24)27(36)33(28)21-13-10-19(3)11-14-21/h6-17,34H,4-5,18H2,1-3H3,(H,31,35)/b29-17+. The van der Waals surface area contributed by atoms with E-state index in [2.05, 4.69) is 34.3 Å². The Bertz CT molecular complexity index is 1490. The third-order valence-electron chi connectivity index (χ3n) is 5.90. The van der Waals surface area contributed by atoms with Gasteiger partial charge in [-0.1, -0.05) is 41.6 Å². The Morgan fingerprint density at radius 1 is 1.11 bits per heavy atom. The molecule has 3 aromatic carbocycles. The van der Waals surface area contributed by atoms with Gasteiger partial charge in [0.05, 0.1) is 28.6 Å². The van der Waals surface area contributed by atoms with E-state index in [0.29, 0.717) is 27.3 Å². The lowest BCUT2D eigenvalue weighted by molar-refractivity contribution is -0.118. The summed E-state index contributed by atoms with van der Waals surface area (Å²) in [5.41, 5.74) is 6.02. The average Bonchev–Trinajstić information content (AvgIpc) is 2.90. The highest BCUT2D eigenvalue weighted by molar-refractivity contribution is 7.99. The summed E-state index contributed by atoms with van der Waals surface area (Å²) in [6, 6.07) is 20.1. The molecule has 190 valence electrons. The first-order chi connectivity index (χ1) is 17.9. The number of para-hydroxylation sites is 1. The number of phenols is 1. The average molecular weight is 516 g/mol. The normalized spacial score (nSPS) is 11.2. The van der Waals surface area contributed by atoms with Gasteiger partial charge < -0.3 is 10.0 Å². The number of hydrazone groups is 1. The number of carbonyl (C=O) groups is 1. The predicted octanol–water partition coefficient (Wildman–Crippen LogP) is 4.49. The molecule has 0 unspecified atom stereocenters. The van der Waals surface area contributed by atoms with Crippen LogP contribution in [0.3, 0.4) is 0 Å². The van der Waals surface area contributed by atoms with Crippen LogP contribution < -0.4 is 15.9 Å². The van der Waals surface area contributed by atoms with E-state index in [1.54, 1.807) is 30.3 Å². The molecule has 0 aliphatic carbocycles. The first-order valence-electron chi connectivity index (χ1n) is 12.0. The van der Waals surface area contributed by atoms with E-state index in [9.17, 15) is 14.7 Å². The number of carbonyl (C=O) groups excluding carboxylic acids is 1. The molecule has 0 aliphatic rings. The second kappa shape index (κ2) is 11.7. The lowest BCUT2D eigenvalue weighted by Gasteiger charge is -2.21. The van der Waals surface area contributed by atoms with E-state index in [4.69, 9.17) is 0 Å². The molecule has 2 N–H and O–H groups in total. The van der Waals surface area contributed by atoms with E-state index < -0.39 is 0 Å². The summed E-state index contributed by atoms with van der Waals surface area (Å²) in [5, 5.41) is 15.2. The fourth-order valence-electron chi connectivity index (χ4n) is 3.89. The number of nitrogens with one attached hydrogen (secondary N) is 1. The molecule has 0 saturated heterocycles. The number of anilines is 1. The van der Waals surface area contributed by atoms with Crippen molar-refractivity contribution < 1.29 is 9.90 Å². The molecule has 0 atom stereocenters. The molecule has 0 saturated carbocycles. The van der Waals surface area contributed by atoms with Gasteiger partial charge >= 0.3 is 0 Å². The van der Waals surface area contributed by atoms with Crippen molar-refractivity contribution >= 4 is 40.5 Å². The Morgan fingerprint density at radius 3 is 2.54 bits per heavy atom. The van der Waals surface area contributed by atoms with Gasteiger partial charge in [0.1, 0.15) is 5.75 Å². The number of amides is 1. The van der Waals surface area contributed by atoms with Crippen LogP contribution in [0.5, 0.6) is 5.75 Å². The van der Waals surface area contributed by atoms with Crippen molar-refractivity contribution in [3.63, 3.8) is 0 Å². The minimum Gasteiger partial charge on any atom is -0.507 e. The summed E-state index contributed by atoms with van der Waals surface area (Å²) in [6.45, 7) is 7.75. The summed E-state index contributed by atoms with van der Waals surface area (Å²) in [4.78, 5) is 32.6. The van der Waals surface area contributed by atoms with Crippen molar-refractivity contribution in [2.45, 2.75) is 25.9 Å². The molecule has 0 aliphatic heterocycles. The van der Waals surface area contributed by atoms with E-state index >= 15 is 0 Å². The molecule has 37 heavy (non-hydrogen) atoms. The summed E-state index contributed by atoms with van der Waals surface area (Å²) in [6.07, 6.45) is 1.40. The van der Waals surface area contributed by atoms with Gasteiger partial charge in [-0.2, -0.15) is 5.10 Å². The number of aryl methyl sites for hydroxylation is 1. The number of phenolic OH excluding ortho intramolecular Hbond substituents is 1. The number of thioether (sulfide) groups is 1. The van der Waals surface area contributed by atoms with Crippen LogP contribution in [0.15, 0.2) is 81.8 Å². The van der Waals surface area contributed by atoms with Crippen molar-refractivity contribution in [1.82, 2.24) is 15.0 Å². The van der Waals surface area contributed by atoms with Crippen LogP contribution >= 0.6 is 11.8 Å². The fourth-order valence-corrected chi connectivity index (χ4v) is 4.70. The van der Waals surface area contributed by atoms with Crippen LogP contribution in [0.4, 0.5) is 5.69 Å². The maximum absolute atomic E-state index is 13.3. The fraction of sp³-hybridized carbons (Fsp3) is 0.214. The number of nitrogens with zero attached hydrogens (tertiary/aromatic N) is 4. The van der Waals surface area contributed by atoms with Gasteiger partial charge in [-0.05, 0) is 57.2 Å². The highest BCUT2D eigenvalue weighted by Crippen LogP contribution is 2.24. The highest BCUT2D eigenvalue weighted by Gasteiger charge is 2.15. The number of aromatic nitrogens is 2. The molecule has 0 radical (unpaired) electrons. The van der Waals surface area contributed by atoms with Crippen LogP contribution in [0.1, 0.15) is 25.0 Å². The molecule has 4 rings (SSSR count). The molecule has 4 aromatic rings. The zero-order valence-corrected chi connectivity index (χ0v) is 21.8. The van der Waals surface area contributed by atoms with Gasteiger partial charge in [0.25, 0.3) is 11.5 Å². The summed E-state index contributed by atoms with van der Waals surface area (Å²) in [7, 11) is 0. The SMILES string of the molecule is CCN(CC)c1ccc(/C=N/NC(=O)CSc2nc3ccccc3c(=O)n2-c2ccc(C)cc2)c(O)c1. The summed E-state index contributed by atoms with van der Waals surface area (Å²) in [5.74, 6) is -0.279. The first kappa shape index (κ1) is 26.0. The molecule has 1 aromatic heterocycles. The van der Waals surface area contributed by atoms with E-state index in [1.807, 2.05) is 43.3 Å². The van der Waals surface area contributed by atoms with Gasteiger partial charge in [-0.25, -0.2) is 10.4 Å². The second-order valence-corrected chi connectivity index (χ2v) is 9.33. The predicted molar refractivity (Wildman–Crippen MR) is 150 cm³/mol. The van der Waals surface area contributed by atoms with Gasteiger partial charge in [-0.15, -0.1) is 0 Å². The van der Waals surface area contributed by atoms with Gasteiger partial charge in [0, 0.05) is 30.4 Å². The molecular formula is C28H29N5O3S. The Balaban J connectivity index is 1.49. The topological polar surface area (TPSA) is 99.8 Å². The Hall–Kier alpha value is -4.11. The summed E-state index contributed by atoms with van der Waals surface area (Å²) < 4.78 is 1.53. The number of benzene rings is 3. The molecule has 9 heteroatoms. The van der Waals surface area contributed by atoms with Crippen LogP contribution in [-0.4, -0.2) is 45.6 Å². The van der Waals surface area contributed by atoms with Crippen molar-refractivity contribution in [2.75, 3.05) is 23.7 Å². The minimum atomic E-state index is -0.363. The Kier molecular flexibility index (Phi) is 8.25. The molecular weight excluding hydrogens is 486 g/mol. The van der Waals surface area contributed by atoms with Gasteiger partial charge in [0.2, 0.25) is 0 Å². The zero-order valence-electron chi connectivity index (χ0n) is 21.0. The van der Waals surface area contributed by atoms with E-state index in [0.717, 1.165) is 36.1 Å². The smallest absolute Gasteiger partial charge is 0.266 e. The number of hydrogen-bond donors (Lipinski definition) is 2. The lowest BCUT2D eigenvalue weighted by atomic mass is 10.2. The summed E-state index contributed by atoms with van der Waals surface area (Å²) >= 11 is 1.15. The quantitative estimate of drug-likeness (QED) is 0.148. The third kappa shape index (κ3) is 6.00. The number of aromatic hydroxyl groups is 1. The second-order valence-electron chi connectivity index (χ2n) is 8.38. The largest absolute Gasteiger partial charge is 0.507 e. The van der Waals surface area contributed by atoms with Crippen LogP contribution in [0.2, 0.25) is 0 Å². The van der Waals surface area contributed by atoms with Crippen LogP contribution in [0.25, 0.3) is 16.6 Å². The van der Waals surface area contributed by atoms with Crippen LogP contribution in [-0.2, 0) is 4.79 Å². The monoisotopic (exact) mass is 515 g/mol. The number of fused-ring (bicyclic) bond motifs is 1. The molecule has 0 spiro atoms. The van der Waals surface area contributed by atoms with Crippen molar-refractivity contribution in [2.24, 2.45) is 5.10 Å². The first-order valence-corrected chi connectivity index (χ1v) is 13.0. The van der Waals surface area contributed by atoms with Crippen LogP contribution in [0, 0.1) is 6.92 Å². The Labute approximate surface area is 219 Å². The lowest BCUT2D eigenvalue weighted by Crippen LogP contribution is -2.24. The van der Waals surface area contributed by atoms with E-state index in [-0.39, 0.29) is 23.0 Å². The molecule has 1 amide bonds. The third-order valence-corrected chi connectivity index (χ3v) is 6.84. The number of rotatable bonds is 9. The minimum absolute atomic E-state index is 0.000855. The Morgan fingerprint density at radius 2 is 1.84 bits per heavy atom. The molecule has 0 fully saturated rings. The van der Waals surface area contributed by atoms with Crippen molar-refractivity contribution in [3.05, 3.63) is 88.2 Å². The van der Waals surface area contributed by atoms with E-state index in [1.165, 1.54) is 10.8 Å². The molecule has 1 heterocycles. The molecule has 8 nitrogen and oxygen atoms in total. The number of hydrogen-bond acceptors (Lipinski definition) is 7. The maximum Gasteiger partial charge on any atom is 0.266 e. The van der Waals surface area contributed by atoms with Crippen molar-refractivity contribution in [3.8, 4) is 11.4 Å². The maximum atomic E-state index is 13.3. The highest BCUT2D eigenvalue weighted by atomic mass is 32.2. The van der Waals surface area contributed by atoms with Crippen molar-refractivity contribution in [1.29, 1.82) is 0 Å². The van der Waals surface area contributed by atoms with Gasteiger partial charge in [0.15, 0.2) is 5.16 Å². The zero-order chi connectivity index (χ0) is 26.4. The molecule has 0 bridgehead atoms.